The fourth-order valence-electron chi connectivity index (χ4n) is 1.90. The van der Waals surface area contributed by atoms with Crippen molar-refractivity contribution in [2.45, 2.75) is 13.8 Å². The van der Waals surface area contributed by atoms with Crippen LogP contribution in [-0.4, -0.2) is 29.5 Å². The van der Waals surface area contributed by atoms with Crippen LogP contribution >= 0.6 is 0 Å². The largest absolute Gasteiger partial charge is 0.293 e. The number of carbonyl (C=O) groups excluding carboxylic acids is 2. The zero-order valence-electron chi connectivity index (χ0n) is 10.1. The molecule has 0 unspecified atom stereocenters. The molecule has 4 heteroatoms. The Kier molecular flexibility index (Phi) is 2.79. The first-order valence-corrected chi connectivity index (χ1v) is 5.44. The van der Waals surface area contributed by atoms with Crippen LogP contribution in [0.4, 0.5) is 0 Å². The number of aryl methyl sites for hydroxylation is 1. The van der Waals surface area contributed by atoms with Gasteiger partial charge in [-0.25, -0.2) is 5.01 Å². The fraction of sp³-hybridized carbons (Fsp3) is 0.308. The Bertz CT molecular complexity index is 503. The lowest BCUT2D eigenvalue weighted by atomic mass is 9.93. The molecule has 88 valence electrons. The molecule has 0 N–H and O–H groups in total. The monoisotopic (exact) mass is 230 g/mol. The second kappa shape index (κ2) is 4.13. The van der Waals surface area contributed by atoms with E-state index >= 15 is 0 Å². The molecule has 0 spiro atoms. The highest BCUT2D eigenvalue weighted by atomic mass is 16.2. The number of Topliss-reactive ketones (excluding diaryl/α,β-unsaturated/α-hetero) is 1. The molecule has 1 amide bonds. The Morgan fingerprint density at radius 1 is 1.24 bits per heavy atom. The van der Waals surface area contributed by atoms with Crippen LogP contribution in [0, 0.1) is 12.8 Å². The molecule has 2 rings (SSSR count). The topological polar surface area (TPSA) is 49.7 Å². The van der Waals surface area contributed by atoms with E-state index in [0.717, 1.165) is 5.56 Å². The average molecular weight is 230 g/mol. The van der Waals surface area contributed by atoms with Crippen LogP contribution in [0.15, 0.2) is 29.4 Å². The second-order valence-corrected chi connectivity index (χ2v) is 4.27. The van der Waals surface area contributed by atoms with Gasteiger partial charge in [-0.1, -0.05) is 29.8 Å². The van der Waals surface area contributed by atoms with Gasteiger partial charge in [-0.05, 0) is 13.8 Å². The molecule has 0 aromatic heterocycles. The van der Waals surface area contributed by atoms with Gasteiger partial charge in [0, 0.05) is 12.6 Å². The highest BCUT2D eigenvalue weighted by Crippen LogP contribution is 2.19. The number of hydrogen-bond donors (Lipinski definition) is 0. The first kappa shape index (κ1) is 11.5. The molecular weight excluding hydrogens is 216 g/mol. The third kappa shape index (κ3) is 1.98. The molecule has 17 heavy (non-hydrogen) atoms. The Hall–Kier alpha value is -1.97. The summed E-state index contributed by atoms with van der Waals surface area (Å²) in [7, 11) is 1.56. The third-order valence-electron chi connectivity index (χ3n) is 2.89. The van der Waals surface area contributed by atoms with Crippen molar-refractivity contribution in [1.29, 1.82) is 0 Å². The molecule has 1 aliphatic heterocycles. The summed E-state index contributed by atoms with van der Waals surface area (Å²) in [5, 5.41) is 5.22. The molecule has 0 radical (unpaired) electrons. The lowest BCUT2D eigenvalue weighted by Crippen LogP contribution is -2.31. The van der Waals surface area contributed by atoms with Crippen molar-refractivity contribution in [2.75, 3.05) is 7.05 Å². The minimum absolute atomic E-state index is 0.180. The Morgan fingerprint density at radius 2 is 1.82 bits per heavy atom. The van der Waals surface area contributed by atoms with E-state index in [1.54, 1.807) is 26.1 Å². The van der Waals surface area contributed by atoms with Crippen molar-refractivity contribution in [3.05, 3.63) is 35.4 Å². The van der Waals surface area contributed by atoms with Gasteiger partial charge in [0.15, 0.2) is 5.78 Å². The maximum atomic E-state index is 12.2. The summed E-state index contributed by atoms with van der Waals surface area (Å²) in [6, 6.07) is 7.22. The molecule has 1 atom stereocenters. The molecule has 1 aromatic rings. The smallest absolute Gasteiger partial charge is 0.259 e. The highest BCUT2D eigenvalue weighted by molar-refractivity contribution is 6.26. The van der Waals surface area contributed by atoms with Crippen LogP contribution in [0.1, 0.15) is 22.8 Å². The number of hydrogen-bond acceptors (Lipinski definition) is 3. The summed E-state index contributed by atoms with van der Waals surface area (Å²) in [6.07, 6.45) is 0. The number of amides is 1. The first-order valence-electron chi connectivity index (χ1n) is 5.44. The van der Waals surface area contributed by atoms with Gasteiger partial charge >= 0.3 is 0 Å². The van der Waals surface area contributed by atoms with Gasteiger partial charge in [-0.2, -0.15) is 5.10 Å². The van der Waals surface area contributed by atoms with Crippen LogP contribution in [0.3, 0.4) is 0 Å². The van der Waals surface area contributed by atoms with E-state index in [9.17, 15) is 9.59 Å². The lowest BCUT2D eigenvalue weighted by molar-refractivity contribution is -0.129. The first-order chi connectivity index (χ1) is 8.00. The molecule has 1 heterocycles. The van der Waals surface area contributed by atoms with Crippen LogP contribution in [0.2, 0.25) is 0 Å². The van der Waals surface area contributed by atoms with Crippen molar-refractivity contribution >= 4 is 17.4 Å². The van der Waals surface area contributed by atoms with Crippen LogP contribution < -0.4 is 0 Å². The van der Waals surface area contributed by atoms with Crippen molar-refractivity contribution < 1.29 is 9.59 Å². The van der Waals surface area contributed by atoms with E-state index in [0.29, 0.717) is 11.3 Å². The van der Waals surface area contributed by atoms with Crippen molar-refractivity contribution in [3.8, 4) is 0 Å². The molecular formula is C13H14N2O2. The standard InChI is InChI=1S/C13H14N2O2/c1-8-4-6-10(7-5-8)12(16)11-9(2)14-15(3)13(11)17/h4-7,11H,1-3H3/t11-/m0/s1. The van der Waals surface area contributed by atoms with Gasteiger partial charge in [0.1, 0.15) is 5.92 Å². The normalized spacial score (nSPS) is 19.5. The molecule has 0 saturated carbocycles. The van der Waals surface area contributed by atoms with Gasteiger partial charge in [0.05, 0.1) is 5.71 Å². The summed E-state index contributed by atoms with van der Waals surface area (Å²) >= 11 is 0. The van der Waals surface area contributed by atoms with Gasteiger partial charge in [-0.3, -0.25) is 9.59 Å². The Labute approximate surface area is 99.9 Å². The van der Waals surface area contributed by atoms with E-state index in [4.69, 9.17) is 0 Å². The van der Waals surface area contributed by atoms with Crippen molar-refractivity contribution in [2.24, 2.45) is 11.0 Å². The predicted octanol–water partition coefficient (Wildman–Crippen LogP) is 1.64. The van der Waals surface area contributed by atoms with E-state index in [1.165, 1.54) is 5.01 Å². The average Bonchev–Trinajstić information content (AvgIpc) is 2.53. The van der Waals surface area contributed by atoms with E-state index in [1.807, 2.05) is 19.1 Å². The lowest BCUT2D eigenvalue weighted by Gasteiger charge is -2.09. The summed E-state index contributed by atoms with van der Waals surface area (Å²) in [5.74, 6) is -1.18. The van der Waals surface area contributed by atoms with Gasteiger partial charge in [-0.15, -0.1) is 0 Å². The minimum atomic E-state index is -0.747. The number of rotatable bonds is 2. The summed E-state index contributed by atoms with van der Waals surface area (Å²) in [5.41, 5.74) is 2.20. The SMILES string of the molecule is CC1=NN(C)C(=O)[C@@H]1C(=O)c1ccc(C)cc1. The molecule has 0 saturated heterocycles. The molecule has 0 fully saturated rings. The second-order valence-electron chi connectivity index (χ2n) is 4.27. The van der Waals surface area contributed by atoms with E-state index in [-0.39, 0.29) is 11.7 Å². The van der Waals surface area contributed by atoms with Crippen LogP contribution in [0.25, 0.3) is 0 Å². The number of carbonyl (C=O) groups is 2. The number of ketones is 1. The summed E-state index contributed by atoms with van der Waals surface area (Å²) < 4.78 is 0. The predicted molar refractivity (Wildman–Crippen MR) is 64.9 cm³/mol. The number of benzene rings is 1. The summed E-state index contributed by atoms with van der Waals surface area (Å²) in [6.45, 7) is 3.66. The van der Waals surface area contributed by atoms with E-state index < -0.39 is 5.92 Å². The van der Waals surface area contributed by atoms with Gasteiger partial charge in [0.2, 0.25) is 0 Å². The van der Waals surface area contributed by atoms with E-state index in [2.05, 4.69) is 5.10 Å². The Morgan fingerprint density at radius 3 is 2.29 bits per heavy atom. The third-order valence-corrected chi connectivity index (χ3v) is 2.89. The van der Waals surface area contributed by atoms with Crippen LogP contribution in [-0.2, 0) is 4.79 Å². The summed E-state index contributed by atoms with van der Waals surface area (Å²) in [4.78, 5) is 24.0. The quantitative estimate of drug-likeness (QED) is 0.573. The zero-order valence-corrected chi connectivity index (χ0v) is 10.1. The molecule has 4 nitrogen and oxygen atoms in total. The molecule has 1 aliphatic rings. The van der Waals surface area contributed by atoms with Crippen molar-refractivity contribution in [3.63, 3.8) is 0 Å². The maximum absolute atomic E-state index is 12.2. The molecule has 0 aliphatic carbocycles. The molecule has 1 aromatic carbocycles. The van der Waals surface area contributed by atoms with Crippen LogP contribution in [0.5, 0.6) is 0 Å². The maximum Gasteiger partial charge on any atom is 0.259 e. The zero-order chi connectivity index (χ0) is 12.6. The van der Waals surface area contributed by atoms with Gasteiger partial charge in [0.25, 0.3) is 5.91 Å². The fourth-order valence-corrected chi connectivity index (χ4v) is 1.90. The number of nitrogens with zero attached hydrogens (tertiary/aromatic N) is 2. The molecule has 0 bridgehead atoms. The van der Waals surface area contributed by atoms with Crippen molar-refractivity contribution in [1.82, 2.24) is 5.01 Å². The van der Waals surface area contributed by atoms with Gasteiger partial charge < -0.3 is 0 Å². The number of hydrazone groups is 1. The Balaban J connectivity index is 2.30. The minimum Gasteiger partial charge on any atom is -0.293 e. The highest BCUT2D eigenvalue weighted by Gasteiger charge is 2.37.